The maximum Gasteiger partial charge on any atom is 0.407 e. The fourth-order valence-corrected chi connectivity index (χ4v) is 1.89. The van der Waals surface area contributed by atoms with Crippen LogP contribution >= 0.6 is 15.9 Å². The van der Waals surface area contributed by atoms with Crippen LogP contribution in [0.15, 0.2) is 0 Å². The van der Waals surface area contributed by atoms with E-state index in [-0.39, 0.29) is 12.6 Å². The minimum atomic E-state index is -0.953. The molecule has 0 aromatic carbocycles. The molecule has 0 saturated carbocycles. The Kier molecular flexibility index (Phi) is 2.72. The Morgan fingerprint density at radius 2 is 2.36 bits per heavy atom. The second-order valence-corrected chi connectivity index (χ2v) is 3.28. The number of carbonyl (C=O) groups is 1. The molecule has 1 aliphatic rings. The number of alkyl halides is 1. The molecule has 2 unspecified atom stereocenters. The molecule has 1 heterocycles. The highest BCUT2D eigenvalue weighted by molar-refractivity contribution is 9.09. The van der Waals surface area contributed by atoms with Crippen LogP contribution in [0.3, 0.4) is 0 Å². The molecule has 2 N–H and O–H groups in total. The molecule has 1 rings (SSSR count). The van der Waals surface area contributed by atoms with E-state index in [4.69, 9.17) is 10.2 Å². The summed E-state index contributed by atoms with van der Waals surface area (Å²) in [6.45, 7) is 0.242. The van der Waals surface area contributed by atoms with Crippen molar-refractivity contribution in [2.75, 3.05) is 11.9 Å². The number of hydrogen-bond donors (Lipinski definition) is 2. The summed E-state index contributed by atoms with van der Waals surface area (Å²) >= 11 is 3.20. The van der Waals surface area contributed by atoms with E-state index in [1.807, 2.05) is 0 Å². The van der Waals surface area contributed by atoms with Gasteiger partial charge in [-0.15, -0.1) is 0 Å². The number of β-amino-alcohol motifs (C(OH)–C–C–N with tert-alkyl or cyclic N) is 1. The molecule has 1 saturated heterocycles. The molecule has 0 aliphatic carbocycles. The van der Waals surface area contributed by atoms with Crippen molar-refractivity contribution in [2.24, 2.45) is 0 Å². The van der Waals surface area contributed by atoms with Crippen LogP contribution in [-0.4, -0.2) is 45.2 Å². The van der Waals surface area contributed by atoms with Gasteiger partial charge in [0.15, 0.2) is 0 Å². The molecule has 11 heavy (non-hydrogen) atoms. The molecule has 1 amide bonds. The Hall–Kier alpha value is -0.290. The van der Waals surface area contributed by atoms with Crippen molar-refractivity contribution in [1.82, 2.24) is 4.90 Å². The Balaban J connectivity index is 2.57. The first-order valence-corrected chi connectivity index (χ1v) is 4.51. The molecule has 0 radical (unpaired) electrons. The SMILES string of the molecule is O=C(O)N1CC(O)CC1CBr. The third-order valence-corrected chi connectivity index (χ3v) is 2.56. The molecule has 0 aromatic rings. The van der Waals surface area contributed by atoms with Gasteiger partial charge < -0.3 is 15.1 Å². The number of halogens is 1. The second kappa shape index (κ2) is 3.40. The van der Waals surface area contributed by atoms with E-state index in [9.17, 15) is 4.79 Å². The minimum absolute atomic E-state index is 0.0671. The lowest BCUT2D eigenvalue weighted by atomic mass is 10.2. The Morgan fingerprint density at radius 3 is 2.73 bits per heavy atom. The quantitative estimate of drug-likeness (QED) is 0.637. The first-order valence-electron chi connectivity index (χ1n) is 3.38. The summed E-state index contributed by atoms with van der Waals surface area (Å²) in [5.74, 6) is 0. The largest absolute Gasteiger partial charge is 0.465 e. The summed E-state index contributed by atoms with van der Waals surface area (Å²) in [5, 5.41) is 18.3. The average molecular weight is 224 g/mol. The van der Waals surface area contributed by atoms with Crippen molar-refractivity contribution in [1.29, 1.82) is 0 Å². The van der Waals surface area contributed by atoms with Crippen LogP contribution in [0.25, 0.3) is 0 Å². The van der Waals surface area contributed by atoms with Crippen molar-refractivity contribution in [2.45, 2.75) is 18.6 Å². The van der Waals surface area contributed by atoms with Gasteiger partial charge in [-0.2, -0.15) is 0 Å². The standard InChI is InChI=1S/C6H10BrNO3/c7-2-4-1-5(9)3-8(4)6(10)11/h4-5,9H,1-3H2,(H,10,11). The third kappa shape index (κ3) is 1.84. The zero-order chi connectivity index (χ0) is 8.43. The van der Waals surface area contributed by atoms with Crippen molar-refractivity contribution >= 4 is 22.0 Å². The molecule has 2 atom stereocenters. The van der Waals surface area contributed by atoms with Crippen molar-refractivity contribution in [3.8, 4) is 0 Å². The lowest BCUT2D eigenvalue weighted by Gasteiger charge is -2.18. The summed E-state index contributed by atoms with van der Waals surface area (Å²) in [4.78, 5) is 11.8. The first-order chi connectivity index (χ1) is 5.15. The summed E-state index contributed by atoms with van der Waals surface area (Å²) in [6, 6.07) is -0.0671. The molecule has 0 aromatic heterocycles. The molecule has 1 aliphatic heterocycles. The maximum absolute atomic E-state index is 10.5. The number of rotatable bonds is 1. The third-order valence-electron chi connectivity index (χ3n) is 1.82. The number of likely N-dealkylation sites (tertiary alicyclic amines) is 1. The second-order valence-electron chi connectivity index (χ2n) is 2.63. The lowest BCUT2D eigenvalue weighted by molar-refractivity contribution is 0.134. The first kappa shape index (κ1) is 8.80. The summed E-state index contributed by atoms with van der Waals surface area (Å²) < 4.78 is 0. The lowest BCUT2D eigenvalue weighted by Crippen LogP contribution is -2.35. The minimum Gasteiger partial charge on any atom is -0.465 e. The number of carboxylic acid groups (broad SMARTS) is 1. The van der Waals surface area contributed by atoms with Gasteiger partial charge in [0.05, 0.1) is 12.6 Å². The van der Waals surface area contributed by atoms with E-state index in [0.717, 1.165) is 0 Å². The summed E-state index contributed by atoms with van der Waals surface area (Å²) in [7, 11) is 0. The Labute approximate surface area is 72.9 Å². The fraction of sp³-hybridized carbons (Fsp3) is 0.833. The zero-order valence-corrected chi connectivity index (χ0v) is 7.49. The highest BCUT2D eigenvalue weighted by Gasteiger charge is 2.33. The van der Waals surface area contributed by atoms with Gasteiger partial charge >= 0.3 is 6.09 Å². The van der Waals surface area contributed by atoms with Crippen molar-refractivity contribution in [3.05, 3.63) is 0 Å². The van der Waals surface area contributed by atoms with Gasteiger partial charge in [0, 0.05) is 11.4 Å². The van der Waals surface area contributed by atoms with E-state index < -0.39 is 12.2 Å². The number of nitrogens with zero attached hydrogens (tertiary/aromatic N) is 1. The van der Waals surface area contributed by atoms with Crippen LogP contribution < -0.4 is 0 Å². The molecule has 5 heteroatoms. The van der Waals surface area contributed by atoms with Crippen LogP contribution in [0.5, 0.6) is 0 Å². The topological polar surface area (TPSA) is 60.8 Å². The highest BCUT2D eigenvalue weighted by atomic mass is 79.9. The monoisotopic (exact) mass is 223 g/mol. The Morgan fingerprint density at radius 1 is 1.73 bits per heavy atom. The number of hydrogen-bond acceptors (Lipinski definition) is 2. The van der Waals surface area contributed by atoms with Gasteiger partial charge in [-0.1, -0.05) is 15.9 Å². The predicted molar refractivity (Wildman–Crippen MR) is 42.9 cm³/mol. The van der Waals surface area contributed by atoms with Gasteiger partial charge in [-0.25, -0.2) is 4.79 Å². The normalized spacial score (nSPS) is 30.9. The molecule has 0 spiro atoms. The molecule has 1 fully saturated rings. The van der Waals surface area contributed by atoms with E-state index in [1.165, 1.54) is 4.90 Å². The van der Waals surface area contributed by atoms with Crippen molar-refractivity contribution in [3.63, 3.8) is 0 Å². The average Bonchev–Trinajstić information content (AvgIpc) is 2.30. The highest BCUT2D eigenvalue weighted by Crippen LogP contribution is 2.19. The van der Waals surface area contributed by atoms with E-state index in [1.54, 1.807) is 0 Å². The van der Waals surface area contributed by atoms with E-state index in [2.05, 4.69) is 15.9 Å². The van der Waals surface area contributed by atoms with Gasteiger partial charge in [0.2, 0.25) is 0 Å². The molecule has 64 valence electrons. The van der Waals surface area contributed by atoms with Gasteiger partial charge in [0.25, 0.3) is 0 Å². The Bertz CT molecular complexity index is 164. The predicted octanol–water partition coefficient (Wildman–Crippen LogP) is 0.495. The summed E-state index contributed by atoms with van der Waals surface area (Å²) in [6.07, 6.45) is -0.906. The van der Waals surface area contributed by atoms with Crippen LogP contribution in [0, 0.1) is 0 Å². The molecule has 4 nitrogen and oxygen atoms in total. The fourth-order valence-electron chi connectivity index (χ4n) is 1.27. The smallest absolute Gasteiger partial charge is 0.407 e. The van der Waals surface area contributed by atoms with E-state index in [0.29, 0.717) is 11.8 Å². The summed E-state index contributed by atoms with van der Waals surface area (Å²) in [5.41, 5.74) is 0. The van der Waals surface area contributed by atoms with E-state index >= 15 is 0 Å². The maximum atomic E-state index is 10.5. The van der Waals surface area contributed by atoms with Crippen LogP contribution in [0.4, 0.5) is 4.79 Å². The zero-order valence-electron chi connectivity index (χ0n) is 5.90. The number of aliphatic hydroxyl groups is 1. The van der Waals surface area contributed by atoms with Crippen LogP contribution in [0.1, 0.15) is 6.42 Å². The number of amides is 1. The molecular formula is C6H10BrNO3. The van der Waals surface area contributed by atoms with Gasteiger partial charge in [-0.3, -0.25) is 0 Å². The molecular weight excluding hydrogens is 214 g/mol. The van der Waals surface area contributed by atoms with Gasteiger partial charge in [0.1, 0.15) is 0 Å². The van der Waals surface area contributed by atoms with Crippen LogP contribution in [0.2, 0.25) is 0 Å². The number of aliphatic hydroxyl groups excluding tert-OH is 1. The van der Waals surface area contributed by atoms with Crippen molar-refractivity contribution < 1.29 is 15.0 Å². The van der Waals surface area contributed by atoms with Crippen LogP contribution in [-0.2, 0) is 0 Å². The molecule has 0 bridgehead atoms. The van der Waals surface area contributed by atoms with Gasteiger partial charge in [-0.05, 0) is 6.42 Å².